The predicted molar refractivity (Wildman–Crippen MR) is 71.6 cm³/mol. The molecule has 21 heavy (non-hydrogen) atoms. The van der Waals surface area contributed by atoms with Crippen molar-refractivity contribution in [2.24, 2.45) is 5.73 Å². The summed E-state index contributed by atoms with van der Waals surface area (Å²) in [6.45, 7) is 1.75. The van der Waals surface area contributed by atoms with Crippen LogP contribution in [0.2, 0.25) is 0 Å². The van der Waals surface area contributed by atoms with E-state index >= 15 is 0 Å². The molecule has 2 unspecified atom stereocenters. The molecule has 114 valence electrons. The summed E-state index contributed by atoms with van der Waals surface area (Å²) in [6.07, 6.45) is -4.10. The van der Waals surface area contributed by atoms with Crippen LogP contribution in [0.1, 0.15) is 34.5 Å². The van der Waals surface area contributed by atoms with Crippen molar-refractivity contribution in [3.63, 3.8) is 0 Å². The number of furan rings is 1. The number of aryl methyl sites for hydroxylation is 1. The highest BCUT2D eigenvalue weighted by Crippen LogP contribution is 2.35. The van der Waals surface area contributed by atoms with Crippen LogP contribution in [0.15, 0.2) is 41.0 Å². The normalized spacial score (nSPS) is 15.0. The first-order valence-corrected chi connectivity index (χ1v) is 6.44. The lowest BCUT2D eigenvalue weighted by Gasteiger charge is -2.22. The topological polar surface area (TPSA) is 59.4 Å². The minimum atomic E-state index is -4.43. The fourth-order valence-electron chi connectivity index (χ4n) is 2.26. The Kier molecular flexibility index (Phi) is 4.39. The Bertz CT molecular complexity index is 607. The Hall–Kier alpha value is -1.79. The quantitative estimate of drug-likeness (QED) is 0.910. The molecule has 0 amide bonds. The molecule has 1 heterocycles. The van der Waals surface area contributed by atoms with Crippen molar-refractivity contribution in [3.8, 4) is 0 Å². The summed E-state index contributed by atoms with van der Waals surface area (Å²) >= 11 is 0. The molecule has 2 atom stereocenters. The molecule has 3 nitrogen and oxygen atoms in total. The average Bonchev–Trinajstić information content (AvgIpc) is 2.85. The van der Waals surface area contributed by atoms with Crippen molar-refractivity contribution in [2.45, 2.75) is 25.1 Å². The Labute approximate surface area is 120 Å². The number of aliphatic hydroxyl groups excluding tert-OH is 1. The summed E-state index contributed by atoms with van der Waals surface area (Å²) < 4.78 is 43.5. The molecule has 1 aromatic heterocycles. The Morgan fingerprint density at radius 3 is 2.52 bits per heavy atom. The lowest BCUT2D eigenvalue weighted by molar-refractivity contribution is -0.137. The Morgan fingerprint density at radius 1 is 1.29 bits per heavy atom. The van der Waals surface area contributed by atoms with Gasteiger partial charge in [-0.2, -0.15) is 13.2 Å². The van der Waals surface area contributed by atoms with Gasteiger partial charge in [-0.25, -0.2) is 0 Å². The number of aliphatic hydroxyl groups is 1. The van der Waals surface area contributed by atoms with Gasteiger partial charge in [0.2, 0.25) is 0 Å². The van der Waals surface area contributed by atoms with E-state index in [0.717, 1.165) is 17.7 Å². The van der Waals surface area contributed by atoms with E-state index in [1.54, 1.807) is 13.0 Å². The van der Waals surface area contributed by atoms with E-state index in [1.165, 1.54) is 18.4 Å². The number of hydrogen-bond donors (Lipinski definition) is 2. The van der Waals surface area contributed by atoms with Crippen LogP contribution in [0.5, 0.6) is 0 Å². The van der Waals surface area contributed by atoms with Gasteiger partial charge in [0.15, 0.2) is 0 Å². The maximum Gasteiger partial charge on any atom is 0.416 e. The largest absolute Gasteiger partial charge is 0.466 e. The zero-order valence-electron chi connectivity index (χ0n) is 11.4. The average molecular weight is 299 g/mol. The number of alkyl halides is 3. The van der Waals surface area contributed by atoms with Crippen molar-refractivity contribution in [2.75, 3.05) is 6.54 Å². The lowest BCUT2D eigenvalue weighted by Crippen LogP contribution is -2.21. The fraction of sp³-hybridized carbons (Fsp3) is 0.333. The fourth-order valence-corrected chi connectivity index (χ4v) is 2.26. The van der Waals surface area contributed by atoms with E-state index < -0.39 is 23.8 Å². The maximum atomic E-state index is 12.8. The number of benzene rings is 1. The van der Waals surface area contributed by atoms with Crippen molar-refractivity contribution >= 4 is 0 Å². The highest BCUT2D eigenvalue weighted by molar-refractivity contribution is 5.31. The minimum Gasteiger partial charge on any atom is -0.466 e. The number of halogens is 3. The van der Waals surface area contributed by atoms with Gasteiger partial charge in [0.25, 0.3) is 0 Å². The van der Waals surface area contributed by atoms with E-state index in [0.29, 0.717) is 11.3 Å². The highest BCUT2D eigenvalue weighted by atomic mass is 19.4. The third-order valence-electron chi connectivity index (χ3n) is 3.45. The van der Waals surface area contributed by atoms with E-state index in [9.17, 15) is 18.3 Å². The van der Waals surface area contributed by atoms with Gasteiger partial charge in [0.1, 0.15) is 11.9 Å². The number of rotatable bonds is 4. The van der Waals surface area contributed by atoms with E-state index in [4.69, 9.17) is 10.2 Å². The third-order valence-corrected chi connectivity index (χ3v) is 3.45. The van der Waals surface area contributed by atoms with E-state index in [2.05, 4.69) is 0 Å². The number of hydrogen-bond acceptors (Lipinski definition) is 3. The highest BCUT2D eigenvalue weighted by Gasteiger charge is 2.32. The van der Waals surface area contributed by atoms with E-state index in [-0.39, 0.29) is 6.54 Å². The second kappa shape index (κ2) is 5.91. The van der Waals surface area contributed by atoms with Crippen molar-refractivity contribution in [1.82, 2.24) is 0 Å². The molecule has 2 rings (SSSR count). The van der Waals surface area contributed by atoms with Crippen LogP contribution in [0.3, 0.4) is 0 Å². The van der Waals surface area contributed by atoms with Crippen LogP contribution >= 0.6 is 0 Å². The molecule has 6 heteroatoms. The summed E-state index contributed by atoms with van der Waals surface area (Å²) in [4.78, 5) is 0. The van der Waals surface area contributed by atoms with Crippen LogP contribution in [0.4, 0.5) is 13.2 Å². The monoisotopic (exact) mass is 299 g/mol. The molecule has 0 saturated carbocycles. The summed E-state index contributed by atoms with van der Waals surface area (Å²) in [6, 6.07) is 6.51. The van der Waals surface area contributed by atoms with Crippen LogP contribution < -0.4 is 5.73 Å². The zero-order chi connectivity index (χ0) is 15.6. The van der Waals surface area contributed by atoms with Gasteiger partial charge in [-0.05, 0) is 30.2 Å². The van der Waals surface area contributed by atoms with Crippen molar-refractivity contribution in [1.29, 1.82) is 0 Å². The molecule has 0 radical (unpaired) electrons. The zero-order valence-corrected chi connectivity index (χ0v) is 11.4. The molecule has 0 spiro atoms. The van der Waals surface area contributed by atoms with E-state index in [1.807, 2.05) is 0 Å². The second-order valence-corrected chi connectivity index (χ2v) is 4.88. The molecule has 1 aromatic carbocycles. The molecule has 0 saturated heterocycles. The Morgan fingerprint density at radius 2 is 2.00 bits per heavy atom. The first kappa shape index (κ1) is 15.6. The molecule has 0 aliphatic carbocycles. The van der Waals surface area contributed by atoms with Gasteiger partial charge < -0.3 is 15.3 Å². The van der Waals surface area contributed by atoms with Crippen molar-refractivity contribution in [3.05, 3.63) is 59.0 Å². The third kappa shape index (κ3) is 3.28. The SMILES string of the molecule is Cc1ccoc1C(O)C(CN)c1cccc(C(F)(F)F)c1. The summed E-state index contributed by atoms with van der Waals surface area (Å²) in [7, 11) is 0. The Balaban J connectivity index is 2.36. The molecular formula is C15H16F3NO2. The van der Waals surface area contributed by atoms with Gasteiger partial charge in [-0.1, -0.05) is 18.2 Å². The summed E-state index contributed by atoms with van der Waals surface area (Å²) in [5.74, 6) is -0.347. The van der Waals surface area contributed by atoms with Crippen LogP contribution in [-0.2, 0) is 6.18 Å². The van der Waals surface area contributed by atoms with Crippen molar-refractivity contribution < 1.29 is 22.7 Å². The lowest BCUT2D eigenvalue weighted by atomic mass is 9.90. The summed E-state index contributed by atoms with van der Waals surface area (Å²) in [5, 5.41) is 10.3. The molecule has 0 bridgehead atoms. The minimum absolute atomic E-state index is 0.00260. The van der Waals surface area contributed by atoms with Crippen LogP contribution in [0, 0.1) is 6.92 Å². The second-order valence-electron chi connectivity index (χ2n) is 4.88. The van der Waals surface area contributed by atoms with Gasteiger partial charge in [0, 0.05) is 12.5 Å². The molecule has 0 aliphatic heterocycles. The number of nitrogens with two attached hydrogens (primary N) is 1. The van der Waals surface area contributed by atoms with Gasteiger partial charge in [0.05, 0.1) is 11.8 Å². The first-order valence-electron chi connectivity index (χ1n) is 6.44. The molecular weight excluding hydrogens is 283 g/mol. The smallest absolute Gasteiger partial charge is 0.416 e. The molecule has 2 aromatic rings. The standard InChI is InChI=1S/C15H16F3NO2/c1-9-5-6-21-14(9)13(20)12(8-19)10-3-2-4-11(7-10)15(16,17)18/h2-7,12-13,20H,8,19H2,1H3. The van der Waals surface area contributed by atoms with Crippen LogP contribution in [-0.4, -0.2) is 11.7 Å². The summed E-state index contributed by atoms with van der Waals surface area (Å²) in [5.41, 5.74) is 5.93. The van der Waals surface area contributed by atoms with Gasteiger partial charge in [-0.3, -0.25) is 0 Å². The molecule has 0 fully saturated rings. The van der Waals surface area contributed by atoms with Gasteiger partial charge in [-0.15, -0.1) is 0 Å². The maximum absolute atomic E-state index is 12.8. The molecule has 3 N–H and O–H groups in total. The predicted octanol–water partition coefficient (Wildman–Crippen LogP) is 3.38. The van der Waals surface area contributed by atoms with Crippen LogP contribution in [0.25, 0.3) is 0 Å². The van der Waals surface area contributed by atoms with Gasteiger partial charge >= 0.3 is 6.18 Å². The molecule has 0 aliphatic rings. The first-order chi connectivity index (χ1) is 9.84.